The Labute approximate surface area is 87.1 Å². The summed E-state index contributed by atoms with van der Waals surface area (Å²) in [5.41, 5.74) is -0.390. The molecule has 2 fully saturated rings. The van der Waals surface area contributed by atoms with E-state index >= 15 is 0 Å². The van der Waals surface area contributed by atoms with Gasteiger partial charge >= 0.3 is 0 Å². The number of nitrogens with one attached hydrogen (secondary N) is 1. The van der Waals surface area contributed by atoms with Crippen LogP contribution in [0.2, 0.25) is 0 Å². The molecule has 0 radical (unpaired) electrons. The van der Waals surface area contributed by atoms with Gasteiger partial charge in [-0.3, -0.25) is 0 Å². The monoisotopic (exact) mass is 197 g/mol. The molecule has 1 heterocycles. The molecule has 0 bridgehead atoms. The zero-order valence-electron chi connectivity index (χ0n) is 9.26. The van der Waals surface area contributed by atoms with E-state index in [0.717, 1.165) is 25.9 Å². The molecular formula is C12H23NO. The first-order chi connectivity index (χ1) is 6.71. The van der Waals surface area contributed by atoms with Crippen LogP contribution in [0.25, 0.3) is 0 Å². The molecule has 1 aliphatic heterocycles. The van der Waals surface area contributed by atoms with Crippen molar-refractivity contribution in [3.63, 3.8) is 0 Å². The van der Waals surface area contributed by atoms with Crippen LogP contribution >= 0.6 is 0 Å². The highest BCUT2D eigenvalue weighted by atomic mass is 16.3. The highest BCUT2D eigenvalue weighted by Crippen LogP contribution is 2.40. The number of hydrogen-bond donors (Lipinski definition) is 2. The maximum Gasteiger partial charge on any atom is 0.0676 e. The number of piperidine rings is 1. The number of hydrogen-bond acceptors (Lipinski definition) is 2. The third-order valence-electron chi connectivity index (χ3n) is 4.35. The molecule has 0 aromatic heterocycles. The molecule has 2 aliphatic rings. The molecule has 2 N–H and O–H groups in total. The quantitative estimate of drug-likeness (QED) is 0.709. The minimum atomic E-state index is -0.390. The van der Waals surface area contributed by atoms with E-state index < -0.39 is 5.60 Å². The second-order valence-electron chi connectivity index (χ2n) is 5.23. The largest absolute Gasteiger partial charge is 0.390 e. The van der Waals surface area contributed by atoms with Gasteiger partial charge in [-0.05, 0) is 57.5 Å². The van der Waals surface area contributed by atoms with Crippen molar-refractivity contribution < 1.29 is 5.11 Å². The summed E-state index contributed by atoms with van der Waals surface area (Å²) in [5, 5.41) is 14.0. The summed E-state index contributed by atoms with van der Waals surface area (Å²) in [6.45, 7) is 4.26. The third kappa shape index (κ3) is 1.96. The van der Waals surface area contributed by atoms with Gasteiger partial charge in [0.1, 0.15) is 0 Å². The molecule has 1 saturated carbocycles. The van der Waals surface area contributed by atoms with Crippen molar-refractivity contribution in [2.75, 3.05) is 13.1 Å². The van der Waals surface area contributed by atoms with E-state index in [9.17, 15) is 5.11 Å². The Kier molecular flexibility index (Phi) is 3.13. The highest BCUT2D eigenvalue weighted by Gasteiger charge is 2.40. The van der Waals surface area contributed by atoms with Crippen molar-refractivity contribution in [3.8, 4) is 0 Å². The Morgan fingerprint density at radius 2 is 1.50 bits per heavy atom. The minimum Gasteiger partial charge on any atom is -0.390 e. The summed E-state index contributed by atoms with van der Waals surface area (Å²) in [5.74, 6) is 1.11. The van der Waals surface area contributed by atoms with E-state index in [1.807, 2.05) is 0 Å². The Bertz CT molecular complexity index is 179. The van der Waals surface area contributed by atoms with Crippen molar-refractivity contribution in [1.29, 1.82) is 0 Å². The zero-order chi connectivity index (χ0) is 10.0. The van der Waals surface area contributed by atoms with Crippen LogP contribution in [0.15, 0.2) is 0 Å². The lowest BCUT2D eigenvalue weighted by Crippen LogP contribution is -2.46. The van der Waals surface area contributed by atoms with Crippen LogP contribution in [0.3, 0.4) is 0 Å². The molecule has 2 rings (SSSR count). The summed E-state index contributed by atoms with van der Waals surface area (Å²) in [6, 6.07) is 0. The van der Waals surface area contributed by atoms with Gasteiger partial charge in [-0.1, -0.05) is 12.8 Å². The standard InChI is InChI=1S/C12H23NO/c1-12(14,10-4-2-3-5-10)11-6-8-13-9-7-11/h10-11,13-14H,2-9H2,1H3. The lowest BCUT2D eigenvalue weighted by atomic mass is 9.73. The van der Waals surface area contributed by atoms with Crippen molar-refractivity contribution in [1.82, 2.24) is 5.32 Å². The third-order valence-corrected chi connectivity index (χ3v) is 4.35. The number of aliphatic hydroxyl groups is 1. The number of rotatable bonds is 2. The van der Waals surface area contributed by atoms with Crippen LogP contribution < -0.4 is 5.32 Å². The molecule has 0 aromatic rings. The first-order valence-corrected chi connectivity index (χ1v) is 6.14. The fourth-order valence-corrected chi connectivity index (χ4v) is 3.25. The van der Waals surface area contributed by atoms with Crippen LogP contribution in [-0.4, -0.2) is 23.8 Å². The maximum atomic E-state index is 10.6. The smallest absolute Gasteiger partial charge is 0.0676 e. The van der Waals surface area contributed by atoms with E-state index in [0.29, 0.717) is 11.8 Å². The Hall–Kier alpha value is -0.0800. The predicted molar refractivity (Wildman–Crippen MR) is 58.2 cm³/mol. The lowest BCUT2D eigenvalue weighted by molar-refractivity contribution is -0.0614. The van der Waals surface area contributed by atoms with Crippen LogP contribution in [0.1, 0.15) is 45.4 Å². The average molecular weight is 197 g/mol. The normalized spacial score (nSPS) is 30.4. The zero-order valence-corrected chi connectivity index (χ0v) is 9.26. The SMILES string of the molecule is CC(O)(C1CCCC1)C1CCNCC1. The van der Waals surface area contributed by atoms with E-state index in [1.165, 1.54) is 25.7 Å². The molecule has 1 aliphatic carbocycles. The molecule has 1 atom stereocenters. The van der Waals surface area contributed by atoms with Crippen molar-refractivity contribution in [3.05, 3.63) is 0 Å². The van der Waals surface area contributed by atoms with Gasteiger partial charge in [-0.15, -0.1) is 0 Å². The fourth-order valence-electron chi connectivity index (χ4n) is 3.25. The fraction of sp³-hybridized carbons (Fsp3) is 1.00. The summed E-state index contributed by atoms with van der Waals surface area (Å²) < 4.78 is 0. The van der Waals surface area contributed by atoms with Crippen LogP contribution in [0.5, 0.6) is 0 Å². The highest BCUT2D eigenvalue weighted by molar-refractivity contribution is 4.92. The maximum absolute atomic E-state index is 10.6. The second kappa shape index (κ2) is 4.19. The minimum absolute atomic E-state index is 0.390. The first-order valence-electron chi connectivity index (χ1n) is 6.14. The molecule has 0 spiro atoms. The van der Waals surface area contributed by atoms with E-state index in [1.54, 1.807) is 0 Å². The summed E-state index contributed by atoms with van der Waals surface area (Å²) in [6.07, 6.45) is 7.46. The summed E-state index contributed by atoms with van der Waals surface area (Å²) in [7, 11) is 0. The Balaban J connectivity index is 1.97. The molecular weight excluding hydrogens is 174 g/mol. The molecule has 82 valence electrons. The summed E-state index contributed by atoms with van der Waals surface area (Å²) in [4.78, 5) is 0. The molecule has 0 amide bonds. The van der Waals surface area contributed by atoms with Gasteiger partial charge in [0.25, 0.3) is 0 Å². The average Bonchev–Trinajstić information content (AvgIpc) is 2.72. The van der Waals surface area contributed by atoms with Gasteiger partial charge in [-0.25, -0.2) is 0 Å². The van der Waals surface area contributed by atoms with Crippen LogP contribution in [0.4, 0.5) is 0 Å². The van der Waals surface area contributed by atoms with E-state index in [2.05, 4.69) is 12.2 Å². The van der Waals surface area contributed by atoms with E-state index in [-0.39, 0.29) is 0 Å². The first kappa shape index (κ1) is 10.4. The Morgan fingerprint density at radius 3 is 2.07 bits per heavy atom. The van der Waals surface area contributed by atoms with Crippen LogP contribution in [-0.2, 0) is 0 Å². The van der Waals surface area contributed by atoms with Gasteiger partial charge in [0, 0.05) is 0 Å². The predicted octanol–water partition coefficient (Wildman–Crippen LogP) is 1.93. The van der Waals surface area contributed by atoms with Gasteiger partial charge in [0.05, 0.1) is 5.60 Å². The molecule has 1 saturated heterocycles. The molecule has 1 unspecified atom stereocenters. The topological polar surface area (TPSA) is 32.3 Å². The summed E-state index contributed by atoms with van der Waals surface area (Å²) >= 11 is 0. The van der Waals surface area contributed by atoms with Crippen LogP contribution in [0, 0.1) is 11.8 Å². The molecule has 2 nitrogen and oxygen atoms in total. The van der Waals surface area contributed by atoms with Crippen molar-refractivity contribution in [2.45, 2.75) is 51.0 Å². The molecule has 14 heavy (non-hydrogen) atoms. The van der Waals surface area contributed by atoms with Gasteiger partial charge < -0.3 is 10.4 Å². The van der Waals surface area contributed by atoms with E-state index in [4.69, 9.17) is 0 Å². The molecule has 0 aromatic carbocycles. The van der Waals surface area contributed by atoms with Crippen molar-refractivity contribution in [2.24, 2.45) is 11.8 Å². The second-order valence-corrected chi connectivity index (χ2v) is 5.23. The van der Waals surface area contributed by atoms with Gasteiger partial charge in [0.2, 0.25) is 0 Å². The van der Waals surface area contributed by atoms with Gasteiger partial charge in [0.15, 0.2) is 0 Å². The lowest BCUT2D eigenvalue weighted by Gasteiger charge is -2.40. The Morgan fingerprint density at radius 1 is 1.00 bits per heavy atom. The van der Waals surface area contributed by atoms with Crippen molar-refractivity contribution >= 4 is 0 Å². The molecule has 2 heteroatoms. The van der Waals surface area contributed by atoms with Gasteiger partial charge in [-0.2, -0.15) is 0 Å².